The first kappa shape index (κ1) is 16.4. The Labute approximate surface area is 153 Å². The molecule has 2 heterocycles. The van der Waals surface area contributed by atoms with Gasteiger partial charge in [-0.3, -0.25) is 4.79 Å². The van der Waals surface area contributed by atoms with Crippen molar-refractivity contribution in [3.05, 3.63) is 95.9 Å². The van der Waals surface area contributed by atoms with E-state index in [4.69, 9.17) is 0 Å². The summed E-state index contributed by atoms with van der Waals surface area (Å²) in [6, 6.07) is 20.6. The van der Waals surface area contributed by atoms with E-state index in [1.54, 1.807) is 0 Å². The molecule has 3 nitrogen and oxygen atoms in total. The number of carbonyl (C=O) groups is 1. The van der Waals surface area contributed by atoms with Crippen LogP contribution in [-0.4, -0.2) is 14.9 Å². The van der Waals surface area contributed by atoms with Gasteiger partial charge in [0.15, 0.2) is 5.78 Å². The van der Waals surface area contributed by atoms with E-state index in [9.17, 15) is 4.79 Å². The number of aryl methyl sites for hydroxylation is 2. The molecule has 2 aromatic heterocycles. The minimum Gasteiger partial charge on any atom is -0.350 e. The number of carbonyl (C=O) groups excluding carboxylic acids is 1. The lowest BCUT2D eigenvalue weighted by Gasteiger charge is -2.02. The highest BCUT2D eigenvalue weighted by molar-refractivity contribution is 6.08. The Morgan fingerprint density at radius 3 is 2.50 bits per heavy atom. The monoisotopic (exact) mass is 342 g/mol. The van der Waals surface area contributed by atoms with E-state index in [0.29, 0.717) is 6.42 Å². The summed E-state index contributed by atoms with van der Waals surface area (Å²) < 4.78 is 4.20. The van der Waals surface area contributed by atoms with Crippen LogP contribution in [0.2, 0.25) is 0 Å². The Morgan fingerprint density at radius 2 is 1.65 bits per heavy atom. The molecule has 26 heavy (non-hydrogen) atoms. The molecule has 0 amide bonds. The molecule has 0 radical (unpaired) electrons. The van der Waals surface area contributed by atoms with Crippen molar-refractivity contribution in [1.82, 2.24) is 9.13 Å². The molecular formula is C23H22N2O. The van der Waals surface area contributed by atoms with Crippen LogP contribution in [0.5, 0.6) is 0 Å². The lowest BCUT2D eigenvalue weighted by molar-refractivity contribution is 0.0984. The van der Waals surface area contributed by atoms with Crippen molar-refractivity contribution in [2.24, 2.45) is 7.05 Å². The number of nitrogens with zero attached hydrogens (tertiary/aromatic N) is 2. The Kier molecular flexibility index (Phi) is 4.44. The molecule has 4 aromatic rings. The largest absolute Gasteiger partial charge is 0.350 e. The fraction of sp³-hybridized carbons (Fsp3) is 0.174. The van der Waals surface area contributed by atoms with Crippen LogP contribution in [0.1, 0.15) is 27.9 Å². The van der Waals surface area contributed by atoms with Gasteiger partial charge in [-0.25, -0.2) is 0 Å². The fourth-order valence-electron chi connectivity index (χ4n) is 3.49. The second kappa shape index (κ2) is 7.04. The zero-order valence-electron chi connectivity index (χ0n) is 14.9. The smallest absolute Gasteiger partial charge is 0.165 e. The summed E-state index contributed by atoms with van der Waals surface area (Å²) in [5, 5.41) is 1.04. The standard InChI is InChI=1S/C23H22N2O/c1-24-17-21(20-9-5-6-10-22(20)24)23(26)12-11-19-13-14-25(16-19)15-18-7-3-2-4-8-18/h2-10,13-14,16-17H,11-12,15H2,1H3. The van der Waals surface area contributed by atoms with Crippen LogP contribution >= 0.6 is 0 Å². The highest BCUT2D eigenvalue weighted by Gasteiger charge is 2.13. The summed E-state index contributed by atoms with van der Waals surface area (Å²) in [4.78, 5) is 12.7. The van der Waals surface area contributed by atoms with Gasteiger partial charge >= 0.3 is 0 Å². The average molecular weight is 342 g/mol. The summed E-state index contributed by atoms with van der Waals surface area (Å²) in [5.41, 5.74) is 4.41. The van der Waals surface area contributed by atoms with E-state index < -0.39 is 0 Å². The van der Waals surface area contributed by atoms with Crippen LogP contribution in [0, 0.1) is 0 Å². The third kappa shape index (κ3) is 3.33. The highest BCUT2D eigenvalue weighted by Crippen LogP contribution is 2.22. The van der Waals surface area contributed by atoms with E-state index in [-0.39, 0.29) is 5.78 Å². The number of ketones is 1. The first-order valence-corrected chi connectivity index (χ1v) is 8.96. The lowest BCUT2D eigenvalue weighted by atomic mass is 10.0. The van der Waals surface area contributed by atoms with Crippen LogP contribution in [0.4, 0.5) is 0 Å². The topological polar surface area (TPSA) is 26.9 Å². The molecule has 130 valence electrons. The normalized spacial score (nSPS) is 11.1. The summed E-state index contributed by atoms with van der Waals surface area (Å²) in [6.07, 6.45) is 7.48. The van der Waals surface area contributed by atoms with Crippen molar-refractivity contribution in [2.45, 2.75) is 19.4 Å². The van der Waals surface area contributed by atoms with E-state index in [1.165, 1.54) is 11.1 Å². The quantitative estimate of drug-likeness (QED) is 0.460. The van der Waals surface area contributed by atoms with Gasteiger partial charge in [0, 0.05) is 55.1 Å². The molecule has 0 saturated carbocycles. The number of hydrogen-bond donors (Lipinski definition) is 0. The SMILES string of the molecule is Cn1cc(C(=O)CCc2ccn(Cc3ccccc3)c2)c2ccccc21. The van der Waals surface area contributed by atoms with Crippen LogP contribution < -0.4 is 0 Å². The number of fused-ring (bicyclic) bond motifs is 1. The number of rotatable bonds is 6. The molecule has 0 aliphatic carbocycles. The van der Waals surface area contributed by atoms with Crippen molar-refractivity contribution in [1.29, 1.82) is 0 Å². The van der Waals surface area contributed by atoms with Gasteiger partial charge in [-0.2, -0.15) is 0 Å². The molecule has 3 heteroatoms. The van der Waals surface area contributed by atoms with Gasteiger partial charge in [0.25, 0.3) is 0 Å². The molecule has 0 unspecified atom stereocenters. The second-order valence-corrected chi connectivity index (χ2v) is 6.77. The third-order valence-electron chi connectivity index (χ3n) is 4.86. The van der Waals surface area contributed by atoms with Crippen LogP contribution in [-0.2, 0) is 20.0 Å². The minimum absolute atomic E-state index is 0.206. The number of Topliss-reactive ketones (excluding diaryl/α,β-unsaturated/α-hetero) is 1. The van der Waals surface area contributed by atoms with Crippen LogP contribution in [0.25, 0.3) is 10.9 Å². The van der Waals surface area contributed by atoms with Gasteiger partial charge in [-0.05, 0) is 29.7 Å². The Morgan fingerprint density at radius 1 is 0.885 bits per heavy atom. The highest BCUT2D eigenvalue weighted by atomic mass is 16.1. The predicted molar refractivity (Wildman–Crippen MR) is 106 cm³/mol. The fourth-order valence-corrected chi connectivity index (χ4v) is 3.49. The Balaban J connectivity index is 1.43. The van der Waals surface area contributed by atoms with E-state index >= 15 is 0 Å². The van der Waals surface area contributed by atoms with Crippen molar-refractivity contribution in [3.8, 4) is 0 Å². The zero-order chi connectivity index (χ0) is 17.9. The number of benzene rings is 2. The molecule has 4 rings (SSSR count). The minimum atomic E-state index is 0.206. The maximum atomic E-state index is 12.7. The van der Waals surface area contributed by atoms with Gasteiger partial charge in [0.05, 0.1) is 0 Å². The molecule has 0 spiro atoms. The maximum absolute atomic E-state index is 12.7. The molecule has 0 bridgehead atoms. The van der Waals surface area contributed by atoms with E-state index in [2.05, 4.69) is 53.4 Å². The third-order valence-corrected chi connectivity index (χ3v) is 4.86. The first-order chi connectivity index (χ1) is 12.7. The van der Waals surface area contributed by atoms with Gasteiger partial charge in [0.2, 0.25) is 0 Å². The second-order valence-electron chi connectivity index (χ2n) is 6.77. The first-order valence-electron chi connectivity index (χ1n) is 8.96. The number of aromatic nitrogens is 2. The Bertz CT molecular complexity index is 1040. The number of hydrogen-bond acceptors (Lipinski definition) is 1. The van der Waals surface area contributed by atoms with Crippen molar-refractivity contribution in [3.63, 3.8) is 0 Å². The average Bonchev–Trinajstić information content (AvgIpc) is 3.25. The molecule has 0 aliphatic heterocycles. The lowest BCUT2D eigenvalue weighted by Crippen LogP contribution is -2.00. The number of para-hydroxylation sites is 1. The molecule has 0 aliphatic rings. The Hall–Kier alpha value is -3.07. The van der Waals surface area contributed by atoms with Gasteiger partial charge in [0.1, 0.15) is 0 Å². The molecule has 0 fully saturated rings. The van der Waals surface area contributed by atoms with Gasteiger partial charge < -0.3 is 9.13 Å². The summed E-state index contributed by atoms with van der Waals surface area (Å²) in [7, 11) is 1.99. The summed E-state index contributed by atoms with van der Waals surface area (Å²) >= 11 is 0. The van der Waals surface area contributed by atoms with E-state index in [1.807, 2.05) is 42.1 Å². The summed E-state index contributed by atoms with van der Waals surface area (Å²) in [6.45, 7) is 0.859. The predicted octanol–water partition coefficient (Wildman–Crippen LogP) is 4.84. The van der Waals surface area contributed by atoms with E-state index in [0.717, 1.165) is 29.4 Å². The molecular weight excluding hydrogens is 320 g/mol. The molecule has 2 aromatic carbocycles. The van der Waals surface area contributed by atoms with Crippen molar-refractivity contribution < 1.29 is 4.79 Å². The van der Waals surface area contributed by atoms with Crippen LogP contribution in [0.15, 0.2) is 79.3 Å². The molecule has 0 atom stereocenters. The van der Waals surface area contributed by atoms with Crippen molar-refractivity contribution in [2.75, 3.05) is 0 Å². The summed E-state index contributed by atoms with van der Waals surface area (Å²) in [5.74, 6) is 0.206. The maximum Gasteiger partial charge on any atom is 0.165 e. The van der Waals surface area contributed by atoms with Gasteiger partial charge in [-0.15, -0.1) is 0 Å². The zero-order valence-corrected chi connectivity index (χ0v) is 14.9. The van der Waals surface area contributed by atoms with Crippen molar-refractivity contribution >= 4 is 16.7 Å². The molecule has 0 saturated heterocycles. The van der Waals surface area contributed by atoms with Crippen LogP contribution in [0.3, 0.4) is 0 Å². The van der Waals surface area contributed by atoms with Gasteiger partial charge in [-0.1, -0.05) is 48.5 Å². The molecule has 0 N–H and O–H groups in total.